The molecule has 1 heterocycles. The van der Waals surface area contributed by atoms with Crippen LogP contribution in [0.2, 0.25) is 0 Å². The fourth-order valence-corrected chi connectivity index (χ4v) is 2.62. The lowest BCUT2D eigenvalue weighted by Crippen LogP contribution is -2.54. The SMILES string of the molecule is CN(C)c1nc(N(C)C)nc(N(C#N)[C@H](NC(=O)c2ccccc2)C(Cl)(Cl)Cl)n1. The maximum absolute atomic E-state index is 12.6. The van der Waals surface area contributed by atoms with Crippen LogP contribution in [0.15, 0.2) is 30.3 Å². The first-order chi connectivity index (χ1) is 13.5. The zero-order valence-corrected chi connectivity index (χ0v) is 18.4. The van der Waals surface area contributed by atoms with Crippen LogP contribution in [0.4, 0.5) is 17.8 Å². The van der Waals surface area contributed by atoms with E-state index in [1.54, 1.807) is 68.3 Å². The molecule has 154 valence electrons. The van der Waals surface area contributed by atoms with E-state index in [0.717, 1.165) is 4.90 Å². The molecule has 1 N–H and O–H groups in total. The molecular weight excluding hydrogens is 439 g/mol. The van der Waals surface area contributed by atoms with Gasteiger partial charge in [0.15, 0.2) is 12.4 Å². The molecule has 0 bridgehead atoms. The molecule has 2 rings (SSSR count). The average molecular weight is 458 g/mol. The van der Waals surface area contributed by atoms with Gasteiger partial charge in [0.1, 0.15) is 0 Å². The number of rotatable bonds is 6. The number of nitrogens with one attached hydrogen (secondary N) is 1. The number of hydrogen-bond donors (Lipinski definition) is 1. The Bertz CT molecular complexity index is 870. The molecule has 1 atom stereocenters. The Labute approximate surface area is 183 Å². The smallest absolute Gasteiger partial charge is 0.253 e. The number of anilines is 3. The van der Waals surface area contributed by atoms with Crippen molar-refractivity contribution >= 4 is 58.6 Å². The van der Waals surface area contributed by atoms with Gasteiger partial charge in [-0.2, -0.15) is 20.2 Å². The molecule has 0 saturated carbocycles. The van der Waals surface area contributed by atoms with Gasteiger partial charge in [0.25, 0.3) is 5.91 Å². The summed E-state index contributed by atoms with van der Waals surface area (Å²) in [6.45, 7) is 0. The van der Waals surface area contributed by atoms with Gasteiger partial charge in [-0.3, -0.25) is 4.79 Å². The maximum Gasteiger partial charge on any atom is 0.253 e. The number of halogens is 3. The van der Waals surface area contributed by atoms with Crippen LogP contribution in [-0.4, -0.2) is 59.0 Å². The van der Waals surface area contributed by atoms with Crippen molar-refractivity contribution in [3.63, 3.8) is 0 Å². The van der Waals surface area contributed by atoms with Gasteiger partial charge in [0.05, 0.1) is 0 Å². The highest BCUT2D eigenvalue weighted by Gasteiger charge is 2.41. The van der Waals surface area contributed by atoms with Crippen LogP contribution in [0.3, 0.4) is 0 Å². The molecule has 2 aromatic rings. The van der Waals surface area contributed by atoms with E-state index >= 15 is 0 Å². The second kappa shape index (κ2) is 9.31. The molecule has 0 spiro atoms. The number of nitriles is 1. The number of aromatic nitrogens is 3. The second-order valence-electron chi connectivity index (χ2n) is 6.28. The largest absolute Gasteiger partial charge is 0.347 e. The molecular formula is C17H19Cl3N8O. The first-order valence-corrected chi connectivity index (χ1v) is 9.40. The molecule has 0 aliphatic rings. The third-order valence-electron chi connectivity index (χ3n) is 3.60. The Morgan fingerprint density at radius 1 is 1.00 bits per heavy atom. The lowest BCUT2D eigenvalue weighted by Gasteiger charge is -2.31. The van der Waals surface area contributed by atoms with Crippen molar-refractivity contribution in [2.24, 2.45) is 0 Å². The van der Waals surface area contributed by atoms with E-state index in [2.05, 4.69) is 20.3 Å². The molecule has 1 aromatic carbocycles. The third-order valence-corrected chi connectivity index (χ3v) is 4.22. The maximum atomic E-state index is 12.6. The molecule has 0 radical (unpaired) electrons. The lowest BCUT2D eigenvalue weighted by molar-refractivity contribution is 0.0938. The van der Waals surface area contributed by atoms with E-state index in [1.807, 2.05) is 6.19 Å². The minimum atomic E-state index is -2.07. The highest BCUT2D eigenvalue weighted by Crippen LogP contribution is 2.34. The Morgan fingerprint density at radius 2 is 1.48 bits per heavy atom. The van der Waals surface area contributed by atoms with E-state index in [-0.39, 0.29) is 17.8 Å². The highest BCUT2D eigenvalue weighted by atomic mass is 35.6. The molecule has 0 unspecified atom stereocenters. The third kappa shape index (κ3) is 5.73. The standard InChI is InChI=1S/C17H19Cl3N8O/c1-26(2)14-23-15(27(3)4)25-16(24-14)28(10-21)13(17(18,19)20)22-12(29)11-8-6-5-7-9-11/h5-9,13H,1-4H3,(H,22,29)/t13-/m0/s1. The minimum Gasteiger partial charge on any atom is -0.347 e. The Kier molecular flexibility index (Phi) is 7.30. The van der Waals surface area contributed by atoms with Crippen LogP contribution in [0, 0.1) is 11.5 Å². The summed E-state index contributed by atoms with van der Waals surface area (Å²) in [7, 11) is 6.94. The monoisotopic (exact) mass is 456 g/mol. The number of benzene rings is 1. The summed E-state index contributed by atoms with van der Waals surface area (Å²) in [5, 5.41) is 12.3. The van der Waals surface area contributed by atoms with Crippen molar-refractivity contribution in [1.29, 1.82) is 5.26 Å². The number of nitrogens with zero attached hydrogens (tertiary/aromatic N) is 7. The van der Waals surface area contributed by atoms with Crippen LogP contribution in [-0.2, 0) is 0 Å². The summed E-state index contributed by atoms with van der Waals surface area (Å²) in [5.74, 6) is -0.0377. The van der Waals surface area contributed by atoms with E-state index in [0.29, 0.717) is 5.56 Å². The Hall–Kier alpha value is -2.54. The number of carbonyl (C=O) groups excluding carboxylic acids is 1. The van der Waals surface area contributed by atoms with Crippen molar-refractivity contribution in [1.82, 2.24) is 20.3 Å². The predicted octanol–water partition coefficient (Wildman–Crippen LogP) is 2.42. The summed E-state index contributed by atoms with van der Waals surface area (Å²) < 4.78 is -2.07. The normalized spacial score (nSPS) is 11.9. The average Bonchev–Trinajstić information content (AvgIpc) is 2.67. The Morgan fingerprint density at radius 3 is 1.90 bits per heavy atom. The summed E-state index contributed by atoms with van der Waals surface area (Å²) in [6.07, 6.45) is 0.512. The van der Waals surface area contributed by atoms with Gasteiger partial charge in [0, 0.05) is 33.8 Å². The molecule has 1 aromatic heterocycles. The van der Waals surface area contributed by atoms with E-state index in [4.69, 9.17) is 34.8 Å². The molecule has 29 heavy (non-hydrogen) atoms. The van der Waals surface area contributed by atoms with Gasteiger partial charge in [0.2, 0.25) is 21.6 Å². The highest BCUT2D eigenvalue weighted by molar-refractivity contribution is 6.68. The molecule has 0 aliphatic heterocycles. The molecule has 12 heteroatoms. The molecule has 0 aliphatic carbocycles. The van der Waals surface area contributed by atoms with Crippen LogP contribution in [0.5, 0.6) is 0 Å². The van der Waals surface area contributed by atoms with Crippen molar-refractivity contribution in [3.05, 3.63) is 35.9 Å². The zero-order chi connectivity index (χ0) is 21.8. The van der Waals surface area contributed by atoms with Gasteiger partial charge in [-0.05, 0) is 12.1 Å². The first kappa shape index (κ1) is 22.7. The Balaban J connectivity index is 2.49. The lowest BCUT2D eigenvalue weighted by atomic mass is 10.2. The summed E-state index contributed by atoms with van der Waals surface area (Å²) >= 11 is 18.3. The van der Waals surface area contributed by atoms with Crippen LogP contribution in [0.25, 0.3) is 0 Å². The quantitative estimate of drug-likeness (QED) is 0.305. The van der Waals surface area contributed by atoms with Crippen molar-refractivity contribution in [2.45, 2.75) is 9.96 Å². The van der Waals surface area contributed by atoms with Crippen molar-refractivity contribution in [2.75, 3.05) is 42.9 Å². The summed E-state index contributed by atoms with van der Waals surface area (Å²) in [6, 6.07) is 8.35. The molecule has 0 saturated heterocycles. The van der Waals surface area contributed by atoms with Gasteiger partial charge >= 0.3 is 0 Å². The fourth-order valence-electron chi connectivity index (χ4n) is 2.16. The molecule has 0 fully saturated rings. The predicted molar refractivity (Wildman–Crippen MR) is 115 cm³/mol. The summed E-state index contributed by atoms with van der Waals surface area (Å²) in [5.41, 5.74) is 0.336. The van der Waals surface area contributed by atoms with Crippen molar-refractivity contribution < 1.29 is 4.79 Å². The number of hydrogen-bond acceptors (Lipinski definition) is 8. The van der Waals surface area contributed by atoms with Crippen LogP contribution in [0.1, 0.15) is 10.4 Å². The number of carbonyl (C=O) groups is 1. The molecule has 1 amide bonds. The van der Waals surface area contributed by atoms with Gasteiger partial charge < -0.3 is 15.1 Å². The van der Waals surface area contributed by atoms with Gasteiger partial charge in [-0.1, -0.05) is 53.0 Å². The topological polar surface area (TPSA) is 101 Å². The fraction of sp³-hybridized carbons (Fsp3) is 0.353. The van der Waals surface area contributed by atoms with E-state index in [9.17, 15) is 10.1 Å². The van der Waals surface area contributed by atoms with E-state index < -0.39 is 15.9 Å². The second-order valence-corrected chi connectivity index (χ2v) is 8.65. The van der Waals surface area contributed by atoms with Crippen molar-refractivity contribution in [3.8, 4) is 6.19 Å². The van der Waals surface area contributed by atoms with Gasteiger partial charge in [-0.25, -0.2) is 4.90 Å². The van der Waals surface area contributed by atoms with E-state index in [1.165, 1.54) is 0 Å². The van der Waals surface area contributed by atoms with Gasteiger partial charge in [-0.15, -0.1) is 0 Å². The zero-order valence-electron chi connectivity index (χ0n) is 16.1. The molecule has 9 nitrogen and oxygen atoms in total. The first-order valence-electron chi connectivity index (χ1n) is 8.27. The van der Waals surface area contributed by atoms with Crippen LogP contribution < -0.4 is 20.0 Å². The number of amides is 1. The summed E-state index contributed by atoms with van der Waals surface area (Å²) in [4.78, 5) is 29.6. The minimum absolute atomic E-state index is 0.0837. The number of alkyl halides is 3. The van der Waals surface area contributed by atoms with Crippen LogP contribution >= 0.6 is 34.8 Å².